The van der Waals surface area contributed by atoms with Crippen molar-refractivity contribution in [1.29, 1.82) is 0 Å². The Morgan fingerprint density at radius 3 is 2.33 bits per heavy atom. The number of nitrogens with two attached hydrogens (primary N) is 1. The molecule has 1 aliphatic carbocycles. The Labute approximate surface area is 310 Å². The highest BCUT2D eigenvalue weighted by Crippen LogP contribution is 2.48. The second kappa shape index (κ2) is 15.6. The number of carbonyl (C=O) groups is 1. The highest BCUT2D eigenvalue weighted by molar-refractivity contribution is 8.03. The third kappa shape index (κ3) is 7.45. The van der Waals surface area contributed by atoms with Crippen molar-refractivity contribution in [3.63, 3.8) is 0 Å². The molecule has 3 aromatic carbocycles. The first-order valence-electron chi connectivity index (χ1n) is 18.8. The van der Waals surface area contributed by atoms with Gasteiger partial charge < -0.3 is 4.90 Å². The van der Waals surface area contributed by atoms with E-state index in [9.17, 15) is 4.79 Å². The molecule has 3 N–H and O–H groups in total. The largest absolute Gasteiger partial charge is 0.344 e. The molecule has 6 rings (SSSR count). The maximum Gasteiger partial charge on any atom is 0.234 e. The molecular formula is C45H55N4OS+. The number of thioether (sulfide) groups is 1. The second-order valence-electron chi connectivity index (χ2n) is 15.1. The van der Waals surface area contributed by atoms with Crippen LogP contribution in [0.4, 0.5) is 11.4 Å². The average Bonchev–Trinajstić information content (AvgIpc) is 3.48. The van der Waals surface area contributed by atoms with Crippen LogP contribution in [0.2, 0.25) is 0 Å². The van der Waals surface area contributed by atoms with Crippen molar-refractivity contribution in [1.82, 2.24) is 5.43 Å². The smallest absolute Gasteiger partial charge is 0.234 e. The Hall–Kier alpha value is -4.13. The Morgan fingerprint density at radius 2 is 1.61 bits per heavy atom. The van der Waals surface area contributed by atoms with E-state index in [1.807, 2.05) is 11.8 Å². The van der Waals surface area contributed by atoms with Gasteiger partial charge in [0, 0.05) is 63.7 Å². The van der Waals surface area contributed by atoms with Gasteiger partial charge in [-0.1, -0.05) is 100 Å². The van der Waals surface area contributed by atoms with Crippen LogP contribution < -0.4 is 16.2 Å². The lowest BCUT2D eigenvalue weighted by atomic mass is 9.81. The summed E-state index contributed by atoms with van der Waals surface area (Å²) < 4.78 is 2.54. The van der Waals surface area contributed by atoms with Crippen LogP contribution in [0.15, 0.2) is 124 Å². The van der Waals surface area contributed by atoms with Crippen molar-refractivity contribution in [2.75, 3.05) is 18.0 Å². The number of hydrogen-bond acceptors (Lipinski definition) is 4. The Bertz CT molecular complexity index is 1930. The summed E-state index contributed by atoms with van der Waals surface area (Å²) in [5.41, 5.74) is 14.2. The molecular weight excluding hydrogens is 645 g/mol. The van der Waals surface area contributed by atoms with E-state index < -0.39 is 0 Å². The Morgan fingerprint density at radius 1 is 0.882 bits per heavy atom. The zero-order valence-corrected chi connectivity index (χ0v) is 32.2. The van der Waals surface area contributed by atoms with E-state index >= 15 is 0 Å². The van der Waals surface area contributed by atoms with Gasteiger partial charge in [-0.2, -0.15) is 4.58 Å². The van der Waals surface area contributed by atoms with E-state index in [1.165, 1.54) is 54.9 Å². The summed E-state index contributed by atoms with van der Waals surface area (Å²) in [6, 6.07) is 26.5. The van der Waals surface area contributed by atoms with Gasteiger partial charge in [-0.05, 0) is 92.5 Å². The molecule has 5 nitrogen and oxygen atoms in total. The van der Waals surface area contributed by atoms with E-state index in [0.29, 0.717) is 12.8 Å². The summed E-state index contributed by atoms with van der Waals surface area (Å²) in [5.74, 6) is 5.17. The van der Waals surface area contributed by atoms with Crippen LogP contribution in [0.1, 0.15) is 96.8 Å². The number of rotatable bonds is 12. The minimum atomic E-state index is -0.143. The van der Waals surface area contributed by atoms with E-state index in [2.05, 4.69) is 154 Å². The molecule has 1 amide bonds. The van der Waals surface area contributed by atoms with Gasteiger partial charge in [-0.25, -0.2) is 5.84 Å². The Balaban J connectivity index is 1.41. The third-order valence-electron chi connectivity index (χ3n) is 10.8. The van der Waals surface area contributed by atoms with Crippen molar-refractivity contribution in [2.24, 2.45) is 5.84 Å². The highest BCUT2D eigenvalue weighted by atomic mass is 32.2. The number of anilines is 1. The molecule has 0 unspecified atom stereocenters. The molecule has 0 radical (unpaired) electrons. The van der Waals surface area contributed by atoms with Gasteiger partial charge >= 0.3 is 0 Å². The molecule has 0 aromatic heterocycles. The number of aryl methyl sites for hydroxylation is 1. The molecule has 0 fully saturated rings. The maximum absolute atomic E-state index is 11.8. The van der Waals surface area contributed by atoms with Crippen LogP contribution in [0.3, 0.4) is 0 Å². The standard InChI is InChI=1S/C45H54N4OS/c1-7-30-48-38-18-11-9-16-36(38)44(3,4)40(48)27-23-33-14-13-15-34(43(33)51-35-25-20-32(21-26-35)22-29-42(50)47-46)24-28-41-45(5,6)37-17-10-12-19-39(37)49(41)31-8-2/h9-12,16-21,23-28H,7-8,13-15,22,29-31,46H2,1-6H3/p+1. The number of benzene rings is 3. The lowest BCUT2D eigenvalue weighted by molar-refractivity contribution is -0.437. The first-order chi connectivity index (χ1) is 24.6. The number of nitrogens with zero attached hydrogens (tertiary/aromatic N) is 2. The average molecular weight is 700 g/mol. The van der Waals surface area contributed by atoms with Crippen molar-refractivity contribution in [3.05, 3.63) is 136 Å². The topological polar surface area (TPSA) is 61.4 Å². The van der Waals surface area contributed by atoms with Gasteiger partial charge in [0.15, 0.2) is 5.71 Å². The van der Waals surface area contributed by atoms with Crippen LogP contribution in [0, 0.1) is 0 Å². The predicted octanol–water partition coefficient (Wildman–Crippen LogP) is 10.2. The van der Waals surface area contributed by atoms with Crippen molar-refractivity contribution in [2.45, 2.75) is 102 Å². The molecule has 0 spiro atoms. The van der Waals surface area contributed by atoms with Crippen molar-refractivity contribution in [3.8, 4) is 0 Å². The molecule has 3 aliphatic rings. The first kappa shape index (κ1) is 36.7. The van der Waals surface area contributed by atoms with E-state index in [-0.39, 0.29) is 16.7 Å². The molecule has 3 aromatic rings. The van der Waals surface area contributed by atoms with Gasteiger partial charge in [0.1, 0.15) is 6.54 Å². The lowest BCUT2D eigenvalue weighted by Gasteiger charge is -2.27. The van der Waals surface area contributed by atoms with Crippen molar-refractivity contribution >= 4 is 34.8 Å². The molecule has 0 atom stereocenters. The molecule has 2 aliphatic heterocycles. The van der Waals surface area contributed by atoms with Crippen LogP contribution in [0.5, 0.6) is 0 Å². The van der Waals surface area contributed by atoms with E-state index in [0.717, 1.165) is 50.8 Å². The van der Waals surface area contributed by atoms with Crippen molar-refractivity contribution < 1.29 is 9.37 Å². The molecule has 6 heteroatoms. The van der Waals surface area contributed by atoms with Crippen LogP contribution in [-0.2, 0) is 22.0 Å². The third-order valence-corrected chi connectivity index (χ3v) is 12.0. The summed E-state index contributed by atoms with van der Waals surface area (Å²) in [4.78, 5) is 16.9. The molecule has 0 saturated heterocycles. The summed E-state index contributed by atoms with van der Waals surface area (Å²) in [6.45, 7) is 16.0. The number of allylic oxidation sites excluding steroid dienone is 7. The zero-order valence-electron chi connectivity index (χ0n) is 31.4. The van der Waals surface area contributed by atoms with Crippen LogP contribution >= 0.6 is 11.8 Å². The lowest BCUT2D eigenvalue weighted by Crippen LogP contribution is -2.30. The SMILES string of the molecule is CCCN1/C(=C/C=C2\CCCC(/C=C/C3=[N+](CCC)c4ccccc4C3(C)C)=C2Sc2ccc(CCC(=O)NN)cc2)C(C)(C)c2ccccc21. The number of fused-ring (bicyclic) bond motifs is 2. The summed E-state index contributed by atoms with van der Waals surface area (Å²) in [7, 11) is 0. The fourth-order valence-corrected chi connectivity index (χ4v) is 9.20. The maximum atomic E-state index is 11.8. The van der Waals surface area contributed by atoms with Gasteiger partial charge in [0.05, 0.1) is 5.41 Å². The minimum absolute atomic E-state index is 0.0731. The van der Waals surface area contributed by atoms with Gasteiger partial charge in [0.25, 0.3) is 0 Å². The van der Waals surface area contributed by atoms with Crippen LogP contribution in [-0.4, -0.2) is 29.3 Å². The molecule has 0 saturated carbocycles. The highest BCUT2D eigenvalue weighted by Gasteiger charge is 2.44. The first-order valence-corrected chi connectivity index (χ1v) is 19.6. The molecule has 51 heavy (non-hydrogen) atoms. The van der Waals surface area contributed by atoms with Gasteiger partial charge in [-0.15, -0.1) is 0 Å². The number of nitrogens with one attached hydrogen (secondary N) is 1. The quantitative estimate of drug-likeness (QED) is 0.0855. The van der Waals surface area contributed by atoms with E-state index in [4.69, 9.17) is 5.84 Å². The molecule has 266 valence electrons. The number of hydrogen-bond donors (Lipinski definition) is 2. The fourth-order valence-electron chi connectivity index (χ4n) is 8.09. The Kier molecular flexibility index (Phi) is 11.2. The van der Waals surface area contributed by atoms with Gasteiger partial charge in [-0.3, -0.25) is 10.2 Å². The predicted molar refractivity (Wildman–Crippen MR) is 216 cm³/mol. The number of para-hydroxylation sites is 2. The second-order valence-corrected chi connectivity index (χ2v) is 16.2. The monoisotopic (exact) mass is 699 g/mol. The number of amides is 1. The zero-order chi connectivity index (χ0) is 36.2. The summed E-state index contributed by atoms with van der Waals surface area (Å²) in [6.07, 6.45) is 16.1. The normalized spacial score (nSPS) is 19.4. The number of carbonyl (C=O) groups excluding carboxylic acids is 1. The molecule has 2 heterocycles. The molecule has 0 bridgehead atoms. The summed E-state index contributed by atoms with van der Waals surface area (Å²) >= 11 is 1.87. The van der Waals surface area contributed by atoms with E-state index in [1.54, 1.807) is 0 Å². The number of hydrazine groups is 1. The summed E-state index contributed by atoms with van der Waals surface area (Å²) in [5, 5.41) is 0. The minimum Gasteiger partial charge on any atom is -0.344 e. The fraction of sp³-hybridized carbons (Fsp3) is 0.378. The van der Waals surface area contributed by atoms with Crippen LogP contribution in [0.25, 0.3) is 0 Å². The van der Waals surface area contributed by atoms with Gasteiger partial charge in [0.2, 0.25) is 11.6 Å².